The van der Waals surface area contributed by atoms with Gasteiger partial charge in [0.2, 0.25) is 0 Å². The minimum Gasteiger partial charge on any atom is -0.342 e. The third kappa shape index (κ3) is 3.74. The van der Waals surface area contributed by atoms with Crippen molar-refractivity contribution >= 4 is 37.8 Å². The summed E-state index contributed by atoms with van der Waals surface area (Å²) < 4.78 is 31.4. The molecule has 5 rings (SSSR count). The Bertz CT molecular complexity index is 1120. The van der Waals surface area contributed by atoms with Gasteiger partial charge in [0.05, 0.1) is 5.92 Å². The SMILES string of the molecule is C[C@]12CC[C@H]3[C@@H](CCC4=CC(=O)CC[C@@]43C)[C@@H]1CC[C@@H]2C(=O)OS(=O)(=O)c1ccc(Br)cc1. The topological polar surface area (TPSA) is 77.5 Å². The third-order valence-corrected chi connectivity index (χ3v) is 11.3. The molecule has 33 heavy (non-hydrogen) atoms. The molecule has 0 aliphatic heterocycles. The zero-order chi connectivity index (χ0) is 23.6. The summed E-state index contributed by atoms with van der Waals surface area (Å²) in [5.41, 5.74) is 1.18. The standard InChI is InChI=1S/C26H31BrO5S/c1-25-13-11-18(28)15-16(25)3-8-20-21-9-10-23(26(21,2)14-12-22(20)25)24(29)32-33(30,31)19-6-4-17(27)5-7-19/h4-7,15,20-23H,3,8-14H2,1-2H3/t20-,21-,22-,23+,25-,26-/m0/s1. The molecule has 0 spiro atoms. The van der Waals surface area contributed by atoms with Gasteiger partial charge in [-0.15, -0.1) is 0 Å². The van der Waals surface area contributed by atoms with Crippen molar-refractivity contribution in [2.75, 3.05) is 0 Å². The number of carbonyl (C=O) groups is 2. The van der Waals surface area contributed by atoms with Crippen LogP contribution in [0.2, 0.25) is 0 Å². The van der Waals surface area contributed by atoms with Crippen LogP contribution in [0.1, 0.15) is 65.2 Å². The molecule has 1 aromatic rings. The van der Waals surface area contributed by atoms with Crippen molar-refractivity contribution in [3.05, 3.63) is 40.4 Å². The van der Waals surface area contributed by atoms with Gasteiger partial charge in [-0.2, -0.15) is 8.42 Å². The van der Waals surface area contributed by atoms with Crippen LogP contribution in [-0.4, -0.2) is 20.2 Å². The highest BCUT2D eigenvalue weighted by Gasteiger charge is 2.60. The normalized spacial score (nSPS) is 38.0. The van der Waals surface area contributed by atoms with Crippen molar-refractivity contribution in [3.8, 4) is 0 Å². The molecule has 0 aromatic heterocycles. The fraction of sp³-hybridized carbons (Fsp3) is 0.615. The molecular formula is C26H31BrO5S. The van der Waals surface area contributed by atoms with E-state index in [2.05, 4.69) is 29.8 Å². The maximum atomic E-state index is 13.2. The number of benzene rings is 1. The molecule has 3 saturated carbocycles. The van der Waals surface area contributed by atoms with Crippen molar-refractivity contribution in [2.45, 2.75) is 70.1 Å². The second-order valence-electron chi connectivity index (χ2n) is 11.0. The van der Waals surface area contributed by atoms with Gasteiger partial charge < -0.3 is 4.18 Å². The fourth-order valence-electron chi connectivity index (χ4n) is 7.76. The predicted molar refractivity (Wildman–Crippen MR) is 128 cm³/mol. The average Bonchev–Trinajstić information content (AvgIpc) is 3.11. The van der Waals surface area contributed by atoms with Crippen molar-refractivity contribution < 1.29 is 22.2 Å². The van der Waals surface area contributed by atoms with Crippen LogP contribution in [0.5, 0.6) is 0 Å². The number of rotatable bonds is 3. The summed E-state index contributed by atoms with van der Waals surface area (Å²) in [7, 11) is -4.14. The Balaban J connectivity index is 1.36. The monoisotopic (exact) mass is 534 g/mol. The van der Waals surface area contributed by atoms with E-state index >= 15 is 0 Å². The maximum Gasteiger partial charge on any atom is 0.341 e. The predicted octanol–water partition coefficient (Wildman–Crippen LogP) is 5.83. The summed E-state index contributed by atoms with van der Waals surface area (Å²) in [5, 5.41) is 0. The van der Waals surface area contributed by atoms with Crippen LogP contribution in [0.15, 0.2) is 45.3 Å². The van der Waals surface area contributed by atoms with Gasteiger partial charge in [0, 0.05) is 10.9 Å². The van der Waals surface area contributed by atoms with Gasteiger partial charge in [0.15, 0.2) is 5.78 Å². The summed E-state index contributed by atoms with van der Waals surface area (Å²) >= 11 is 3.30. The van der Waals surface area contributed by atoms with Crippen LogP contribution < -0.4 is 0 Å². The molecule has 0 amide bonds. The van der Waals surface area contributed by atoms with Gasteiger partial charge in [-0.3, -0.25) is 9.59 Å². The third-order valence-electron chi connectivity index (χ3n) is 9.54. The van der Waals surface area contributed by atoms with Crippen molar-refractivity contribution in [1.29, 1.82) is 0 Å². The zero-order valence-corrected chi connectivity index (χ0v) is 21.6. The van der Waals surface area contributed by atoms with Gasteiger partial charge in [-0.1, -0.05) is 35.4 Å². The first-order valence-corrected chi connectivity index (χ1v) is 14.2. The number of hydrogen-bond acceptors (Lipinski definition) is 5. The highest BCUT2D eigenvalue weighted by molar-refractivity contribution is 9.10. The van der Waals surface area contributed by atoms with E-state index in [-0.39, 0.29) is 21.5 Å². The van der Waals surface area contributed by atoms with E-state index in [9.17, 15) is 18.0 Å². The van der Waals surface area contributed by atoms with E-state index < -0.39 is 22.0 Å². The lowest BCUT2D eigenvalue weighted by molar-refractivity contribution is -0.145. The smallest absolute Gasteiger partial charge is 0.341 e. The van der Waals surface area contributed by atoms with Crippen LogP contribution in [0, 0.1) is 34.5 Å². The lowest BCUT2D eigenvalue weighted by Gasteiger charge is -2.57. The van der Waals surface area contributed by atoms with Gasteiger partial charge in [0.25, 0.3) is 0 Å². The molecule has 0 bridgehead atoms. The molecule has 178 valence electrons. The van der Waals surface area contributed by atoms with Crippen LogP contribution in [-0.2, 0) is 23.9 Å². The summed E-state index contributed by atoms with van der Waals surface area (Å²) in [6.07, 6.45) is 9.02. The Morgan fingerprint density at radius 1 is 1.00 bits per heavy atom. The van der Waals surface area contributed by atoms with E-state index in [1.807, 2.05) is 6.08 Å². The molecule has 4 aliphatic carbocycles. The molecule has 0 heterocycles. The van der Waals surface area contributed by atoms with E-state index in [4.69, 9.17) is 4.18 Å². The first kappa shape index (κ1) is 23.3. The van der Waals surface area contributed by atoms with Crippen LogP contribution in [0.4, 0.5) is 0 Å². The first-order valence-electron chi connectivity index (χ1n) is 12.0. The summed E-state index contributed by atoms with van der Waals surface area (Å²) in [6, 6.07) is 6.14. The number of carbonyl (C=O) groups excluding carboxylic acids is 2. The minimum atomic E-state index is -4.14. The second kappa shape index (κ2) is 8.04. The number of ketones is 1. The number of halogens is 1. The van der Waals surface area contributed by atoms with E-state index in [0.29, 0.717) is 30.6 Å². The van der Waals surface area contributed by atoms with Crippen molar-refractivity contribution in [2.24, 2.45) is 34.5 Å². The molecule has 0 radical (unpaired) electrons. The number of allylic oxidation sites excluding steroid dienone is 1. The quantitative estimate of drug-likeness (QED) is 0.456. The van der Waals surface area contributed by atoms with Gasteiger partial charge in [-0.25, -0.2) is 0 Å². The molecule has 7 heteroatoms. The van der Waals surface area contributed by atoms with Crippen LogP contribution in [0.3, 0.4) is 0 Å². The number of hydrogen-bond donors (Lipinski definition) is 0. The Morgan fingerprint density at radius 3 is 2.45 bits per heavy atom. The summed E-state index contributed by atoms with van der Waals surface area (Å²) in [5.74, 6) is 0.695. The van der Waals surface area contributed by atoms with Crippen molar-refractivity contribution in [3.63, 3.8) is 0 Å². The molecule has 0 N–H and O–H groups in total. The Labute approximate surface area is 204 Å². The maximum absolute atomic E-state index is 13.2. The second-order valence-corrected chi connectivity index (χ2v) is 13.4. The first-order chi connectivity index (χ1) is 15.5. The van der Waals surface area contributed by atoms with Crippen LogP contribution >= 0.6 is 15.9 Å². The zero-order valence-electron chi connectivity index (χ0n) is 19.2. The lowest BCUT2D eigenvalue weighted by Crippen LogP contribution is -2.51. The fourth-order valence-corrected chi connectivity index (χ4v) is 8.92. The highest BCUT2D eigenvalue weighted by atomic mass is 79.9. The molecule has 6 atom stereocenters. The Morgan fingerprint density at radius 2 is 1.73 bits per heavy atom. The Kier molecular flexibility index (Phi) is 5.67. The van der Waals surface area contributed by atoms with Gasteiger partial charge >= 0.3 is 16.1 Å². The summed E-state index contributed by atoms with van der Waals surface area (Å²) in [6.45, 7) is 4.52. The van der Waals surface area contributed by atoms with Crippen LogP contribution in [0.25, 0.3) is 0 Å². The van der Waals surface area contributed by atoms with E-state index in [1.54, 1.807) is 12.1 Å². The molecule has 0 unspecified atom stereocenters. The molecule has 3 fully saturated rings. The van der Waals surface area contributed by atoms with E-state index in [0.717, 1.165) is 43.0 Å². The van der Waals surface area contributed by atoms with Gasteiger partial charge in [0.1, 0.15) is 4.90 Å². The molecule has 5 nitrogen and oxygen atoms in total. The van der Waals surface area contributed by atoms with Gasteiger partial charge in [-0.05, 0) is 104 Å². The number of fused-ring (bicyclic) bond motifs is 5. The largest absolute Gasteiger partial charge is 0.342 e. The molecular weight excluding hydrogens is 504 g/mol. The lowest BCUT2D eigenvalue weighted by atomic mass is 9.47. The molecule has 1 aromatic carbocycles. The molecule has 4 aliphatic rings. The summed E-state index contributed by atoms with van der Waals surface area (Å²) in [4.78, 5) is 25.2. The highest BCUT2D eigenvalue weighted by Crippen LogP contribution is 2.66. The average molecular weight is 536 g/mol. The van der Waals surface area contributed by atoms with Crippen molar-refractivity contribution in [1.82, 2.24) is 0 Å². The Hall–Kier alpha value is -1.47. The minimum absolute atomic E-state index is 0.00572. The van der Waals surface area contributed by atoms with E-state index in [1.165, 1.54) is 17.7 Å². The molecule has 0 saturated heterocycles.